The maximum Gasteiger partial charge on any atom is 0.317 e. The zero-order valence-electron chi connectivity index (χ0n) is 13.5. The lowest BCUT2D eigenvalue weighted by Crippen LogP contribution is -2.39. The molecule has 1 aliphatic rings. The van der Waals surface area contributed by atoms with Crippen molar-refractivity contribution in [3.05, 3.63) is 35.1 Å². The third-order valence-corrected chi connectivity index (χ3v) is 3.71. The number of ether oxygens (including phenoxy) is 1. The Balaban J connectivity index is 1.81. The molecule has 0 aromatic heterocycles. The van der Waals surface area contributed by atoms with E-state index in [4.69, 9.17) is 10.00 Å². The average molecular weight is 319 g/mol. The standard InChI is InChI=1S/C17H22FN3O2/c1-12(2)11-23-15-5-6-21(10-15)17(22)20-9-14-4-3-13(8-19)7-16(14)18/h3-4,7,12,15H,5-6,9-11H2,1-2H3,(H,20,22)/t15-/m1/s1. The Bertz CT molecular complexity index is 598. The summed E-state index contributed by atoms with van der Waals surface area (Å²) in [5, 5.41) is 11.4. The van der Waals surface area contributed by atoms with Gasteiger partial charge in [0.05, 0.1) is 17.7 Å². The summed E-state index contributed by atoms with van der Waals surface area (Å²) in [5.41, 5.74) is 0.631. The highest BCUT2D eigenvalue weighted by molar-refractivity contribution is 5.74. The van der Waals surface area contributed by atoms with Crippen molar-refractivity contribution >= 4 is 6.03 Å². The molecule has 0 unspecified atom stereocenters. The van der Waals surface area contributed by atoms with Gasteiger partial charge in [-0.1, -0.05) is 19.9 Å². The molecule has 0 radical (unpaired) electrons. The molecule has 1 N–H and O–H groups in total. The molecular weight excluding hydrogens is 297 g/mol. The lowest BCUT2D eigenvalue weighted by atomic mass is 10.1. The molecule has 0 bridgehead atoms. The first-order chi connectivity index (χ1) is 11.0. The first-order valence-electron chi connectivity index (χ1n) is 7.82. The van der Waals surface area contributed by atoms with Crippen LogP contribution in [0.1, 0.15) is 31.4 Å². The Kier molecular flexibility index (Phi) is 5.94. The van der Waals surface area contributed by atoms with E-state index in [9.17, 15) is 9.18 Å². The zero-order valence-corrected chi connectivity index (χ0v) is 13.5. The normalized spacial score (nSPS) is 17.3. The molecule has 5 nitrogen and oxygen atoms in total. The number of likely N-dealkylation sites (tertiary alicyclic amines) is 1. The van der Waals surface area contributed by atoms with Crippen LogP contribution in [0.15, 0.2) is 18.2 Å². The number of amides is 2. The largest absolute Gasteiger partial charge is 0.376 e. The fourth-order valence-electron chi connectivity index (χ4n) is 2.42. The van der Waals surface area contributed by atoms with Gasteiger partial charge in [0.2, 0.25) is 0 Å². The predicted octanol–water partition coefficient (Wildman–Crippen LogP) is 2.65. The van der Waals surface area contributed by atoms with Crippen molar-refractivity contribution in [1.82, 2.24) is 10.2 Å². The summed E-state index contributed by atoms with van der Waals surface area (Å²) in [5.74, 6) is -0.0128. The van der Waals surface area contributed by atoms with Gasteiger partial charge in [-0.05, 0) is 24.5 Å². The van der Waals surface area contributed by atoms with Gasteiger partial charge in [-0.25, -0.2) is 9.18 Å². The molecule has 1 heterocycles. The second kappa shape index (κ2) is 7.93. The summed E-state index contributed by atoms with van der Waals surface area (Å²) in [7, 11) is 0. The fourth-order valence-corrected chi connectivity index (χ4v) is 2.42. The van der Waals surface area contributed by atoms with Crippen LogP contribution in [0.5, 0.6) is 0 Å². The van der Waals surface area contributed by atoms with Crippen LogP contribution in [-0.2, 0) is 11.3 Å². The van der Waals surface area contributed by atoms with Gasteiger partial charge in [0.15, 0.2) is 0 Å². The van der Waals surface area contributed by atoms with Crippen LogP contribution in [-0.4, -0.2) is 36.7 Å². The molecule has 1 aromatic carbocycles. The number of carbonyl (C=O) groups excluding carboxylic acids is 1. The fraction of sp³-hybridized carbons (Fsp3) is 0.529. The van der Waals surface area contributed by atoms with E-state index in [1.54, 1.807) is 4.90 Å². The first kappa shape index (κ1) is 17.2. The molecule has 6 heteroatoms. The van der Waals surface area contributed by atoms with Gasteiger partial charge in [0.25, 0.3) is 0 Å². The molecule has 0 spiro atoms. The summed E-state index contributed by atoms with van der Waals surface area (Å²) >= 11 is 0. The summed E-state index contributed by atoms with van der Waals surface area (Å²) in [6.07, 6.45) is 0.903. The zero-order chi connectivity index (χ0) is 16.8. The quantitative estimate of drug-likeness (QED) is 0.907. The van der Waals surface area contributed by atoms with Gasteiger partial charge in [-0.3, -0.25) is 0 Å². The van der Waals surface area contributed by atoms with E-state index < -0.39 is 5.82 Å². The summed E-state index contributed by atoms with van der Waals surface area (Å²) in [4.78, 5) is 13.8. The Hall–Kier alpha value is -2.13. The molecule has 0 aliphatic carbocycles. The Morgan fingerprint density at radius 2 is 2.35 bits per heavy atom. The topological polar surface area (TPSA) is 65.4 Å². The number of urea groups is 1. The highest BCUT2D eigenvalue weighted by Crippen LogP contribution is 2.14. The lowest BCUT2D eigenvalue weighted by molar-refractivity contribution is 0.0436. The number of hydrogen-bond donors (Lipinski definition) is 1. The Morgan fingerprint density at radius 1 is 1.57 bits per heavy atom. The molecule has 1 aromatic rings. The second-order valence-corrected chi connectivity index (χ2v) is 6.16. The van der Waals surface area contributed by atoms with Crippen LogP contribution >= 0.6 is 0 Å². The van der Waals surface area contributed by atoms with Gasteiger partial charge in [0.1, 0.15) is 5.82 Å². The van der Waals surface area contributed by atoms with Crippen LogP contribution in [0.25, 0.3) is 0 Å². The number of nitrogens with one attached hydrogen (secondary N) is 1. The van der Waals surface area contributed by atoms with Crippen molar-refractivity contribution in [3.63, 3.8) is 0 Å². The number of hydrogen-bond acceptors (Lipinski definition) is 3. The molecule has 0 saturated carbocycles. The van der Waals surface area contributed by atoms with E-state index >= 15 is 0 Å². The minimum absolute atomic E-state index is 0.0785. The van der Waals surface area contributed by atoms with E-state index in [-0.39, 0.29) is 24.2 Å². The highest BCUT2D eigenvalue weighted by Gasteiger charge is 2.26. The van der Waals surface area contributed by atoms with E-state index in [0.29, 0.717) is 31.2 Å². The summed E-state index contributed by atoms with van der Waals surface area (Å²) < 4.78 is 19.5. The van der Waals surface area contributed by atoms with E-state index in [0.717, 1.165) is 6.42 Å². The predicted molar refractivity (Wildman–Crippen MR) is 84.1 cm³/mol. The molecule has 1 aliphatic heterocycles. The van der Waals surface area contributed by atoms with Gasteiger partial charge in [-0.15, -0.1) is 0 Å². The summed E-state index contributed by atoms with van der Waals surface area (Å²) in [6.45, 7) is 6.18. The number of carbonyl (C=O) groups is 1. The maximum atomic E-state index is 13.8. The van der Waals surface area contributed by atoms with E-state index in [1.165, 1.54) is 18.2 Å². The molecule has 1 atom stereocenters. The van der Waals surface area contributed by atoms with Crippen LogP contribution in [0.2, 0.25) is 0 Å². The second-order valence-electron chi connectivity index (χ2n) is 6.16. The van der Waals surface area contributed by atoms with Crippen molar-refractivity contribution < 1.29 is 13.9 Å². The van der Waals surface area contributed by atoms with Crippen molar-refractivity contribution in [2.75, 3.05) is 19.7 Å². The van der Waals surface area contributed by atoms with E-state index in [1.807, 2.05) is 6.07 Å². The lowest BCUT2D eigenvalue weighted by Gasteiger charge is -2.18. The Morgan fingerprint density at radius 3 is 3.00 bits per heavy atom. The van der Waals surface area contributed by atoms with Crippen molar-refractivity contribution in [2.45, 2.75) is 32.9 Å². The number of nitrogens with zero attached hydrogens (tertiary/aromatic N) is 2. The minimum atomic E-state index is -0.482. The molecule has 1 fully saturated rings. The molecule has 124 valence electrons. The van der Waals surface area contributed by atoms with Crippen LogP contribution in [0, 0.1) is 23.1 Å². The monoisotopic (exact) mass is 319 g/mol. The van der Waals surface area contributed by atoms with Crippen LogP contribution < -0.4 is 5.32 Å². The SMILES string of the molecule is CC(C)CO[C@@H]1CCN(C(=O)NCc2ccc(C#N)cc2F)C1. The third-order valence-electron chi connectivity index (χ3n) is 3.71. The van der Waals surface area contributed by atoms with Crippen molar-refractivity contribution in [2.24, 2.45) is 5.92 Å². The molecule has 1 saturated heterocycles. The van der Waals surface area contributed by atoms with E-state index in [2.05, 4.69) is 19.2 Å². The molecule has 2 rings (SSSR count). The van der Waals surface area contributed by atoms with Gasteiger partial charge < -0.3 is 15.0 Å². The number of rotatable bonds is 5. The minimum Gasteiger partial charge on any atom is -0.376 e. The molecular formula is C17H22FN3O2. The van der Waals surface area contributed by atoms with Gasteiger partial charge >= 0.3 is 6.03 Å². The average Bonchev–Trinajstić information content (AvgIpc) is 3.00. The molecule has 23 heavy (non-hydrogen) atoms. The van der Waals surface area contributed by atoms with Crippen LogP contribution in [0.4, 0.5) is 9.18 Å². The van der Waals surface area contributed by atoms with Gasteiger partial charge in [-0.2, -0.15) is 5.26 Å². The van der Waals surface area contributed by atoms with Crippen molar-refractivity contribution in [1.29, 1.82) is 5.26 Å². The first-order valence-corrected chi connectivity index (χ1v) is 7.82. The van der Waals surface area contributed by atoms with Gasteiger partial charge in [0, 0.05) is 31.8 Å². The highest BCUT2D eigenvalue weighted by atomic mass is 19.1. The van der Waals surface area contributed by atoms with Crippen LogP contribution in [0.3, 0.4) is 0 Å². The number of nitriles is 1. The summed E-state index contributed by atoms with van der Waals surface area (Å²) in [6, 6.07) is 5.89. The molecule has 2 amide bonds. The maximum absolute atomic E-state index is 13.8. The third kappa shape index (κ3) is 4.93. The van der Waals surface area contributed by atoms with Crippen molar-refractivity contribution in [3.8, 4) is 6.07 Å². The Labute approximate surface area is 136 Å². The number of halogens is 1. The number of benzene rings is 1. The smallest absolute Gasteiger partial charge is 0.317 e.